The van der Waals surface area contributed by atoms with Crippen LogP contribution < -0.4 is 9.64 Å². The summed E-state index contributed by atoms with van der Waals surface area (Å²) in [6.45, 7) is 2.05. The SMILES string of the molecule is CCc1c[c]ccc1Oc1ccc(N2C(=O)C=CC2=O)cc1. The molecule has 2 aromatic rings. The summed E-state index contributed by atoms with van der Waals surface area (Å²) >= 11 is 0. The summed E-state index contributed by atoms with van der Waals surface area (Å²) in [6, 6.07) is 15.5. The van der Waals surface area contributed by atoms with Crippen molar-refractivity contribution in [1.82, 2.24) is 0 Å². The van der Waals surface area contributed by atoms with E-state index in [0.717, 1.165) is 22.6 Å². The molecule has 0 saturated carbocycles. The summed E-state index contributed by atoms with van der Waals surface area (Å²) < 4.78 is 5.85. The zero-order chi connectivity index (χ0) is 15.5. The minimum absolute atomic E-state index is 0.328. The first-order chi connectivity index (χ1) is 10.7. The van der Waals surface area contributed by atoms with Gasteiger partial charge in [0.1, 0.15) is 11.5 Å². The van der Waals surface area contributed by atoms with Gasteiger partial charge in [-0.25, -0.2) is 4.90 Å². The monoisotopic (exact) mass is 292 g/mol. The van der Waals surface area contributed by atoms with E-state index in [-0.39, 0.29) is 11.8 Å². The molecule has 3 rings (SSSR count). The maximum Gasteiger partial charge on any atom is 0.258 e. The third-order valence-corrected chi connectivity index (χ3v) is 3.42. The maximum absolute atomic E-state index is 11.6. The van der Waals surface area contributed by atoms with Gasteiger partial charge >= 0.3 is 0 Å². The summed E-state index contributed by atoms with van der Waals surface area (Å²) in [5.41, 5.74) is 1.60. The number of carbonyl (C=O) groups is 2. The minimum atomic E-state index is -0.328. The Labute approximate surface area is 128 Å². The first-order valence-electron chi connectivity index (χ1n) is 7.02. The van der Waals surface area contributed by atoms with Crippen molar-refractivity contribution >= 4 is 17.5 Å². The standard InChI is InChI=1S/C18H14NO3/c1-2-13-5-3-4-6-16(13)22-15-9-7-14(8-10-15)19-17(20)11-12-18(19)21/h4-12H,2H2,1H3. The largest absolute Gasteiger partial charge is 0.457 e. The van der Waals surface area contributed by atoms with Crippen LogP contribution in [0.1, 0.15) is 12.5 Å². The van der Waals surface area contributed by atoms with E-state index < -0.39 is 0 Å². The van der Waals surface area contributed by atoms with Gasteiger partial charge in [0.25, 0.3) is 11.8 Å². The van der Waals surface area contributed by atoms with Crippen LogP contribution >= 0.6 is 0 Å². The number of aryl methyl sites for hydroxylation is 1. The Bertz CT molecular complexity index is 729. The van der Waals surface area contributed by atoms with Crippen molar-refractivity contribution in [2.45, 2.75) is 13.3 Å². The number of ether oxygens (including phenoxy) is 1. The Hall–Kier alpha value is -2.88. The number of nitrogens with zero attached hydrogens (tertiary/aromatic N) is 1. The number of rotatable bonds is 4. The lowest BCUT2D eigenvalue weighted by molar-refractivity contribution is -0.119. The molecule has 109 valence electrons. The molecule has 0 unspecified atom stereocenters. The number of hydrogen-bond acceptors (Lipinski definition) is 3. The fourth-order valence-electron chi connectivity index (χ4n) is 2.27. The van der Waals surface area contributed by atoms with Gasteiger partial charge in [0.15, 0.2) is 0 Å². The van der Waals surface area contributed by atoms with Crippen molar-refractivity contribution in [1.29, 1.82) is 0 Å². The molecule has 0 spiro atoms. The molecular weight excluding hydrogens is 278 g/mol. The molecule has 1 aliphatic rings. The normalized spacial score (nSPS) is 13.8. The molecule has 2 aromatic carbocycles. The smallest absolute Gasteiger partial charge is 0.258 e. The van der Waals surface area contributed by atoms with Gasteiger partial charge in [-0.3, -0.25) is 9.59 Å². The average Bonchev–Trinajstić information content (AvgIpc) is 2.88. The van der Waals surface area contributed by atoms with Gasteiger partial charge in [0.05, 0.1) is 5.69 Å². The number of carbonyl (C=O) groups excluding carboxylic acids is 2. The van der Waals surface area contributed by atoms with Crippen LogP contribution in [0.2, 0.25) is 0 Å². The molecule has 0 aliphatic carbocycles. The van der Waals surface area contributed by atoms with Gasteiger partial charge in [-0.05, 0) is 54.4 Å². The molecule has 1 radical (unpaired) electrons. The summed E-state index contributed by atoms with van der Waals surface area (Å²) in [4.78, 5) is 24.4. The molecule has 0 bridgehead atoms. The van der Waals surface area contributed by atoms with Crippen molar-refractivity contribution in [2.24, 2.45) is 0 Å². The van der Waals surface area contributed by atoms with E-state index in [1.165, 1.54) is 12.2 Å². The van der Waals surface area contributed by atoms with Crippen molar-refractivity contribution in [3.8, 4) is 11.5 Å². The third kappa shape index (κ3) is 2.63. The molecular formula is C18H14NO3. The summed E-state index contributed by atoms with van der Waals surface area (Å²) in [5, 5.41) is 0. The van der Waals surface area contributed by atoms with Crippen molar-refractivity contribution < 1.29 is 14.3 Å². The highest BCUT2D eigenvalue weighted by atomic mass is 16.5. The van der Waals surface area contributed by atoms with Crippen LogP contribution in [-0.4, -0.2) is 11.8 Å². The highest BCUT2D eigenvalue weighted by Crippen LogP contribution is 2.28. The lowest BCUT2D eigenvalue weighted by Gasteiger charge is -2.15. The zero-order valence-corrected chi connectivity index (χ0v) is 12.1. The Morgan fingerprint density at radius 3 is 2.36 bits per heavy atom. The Morgan fingerprint density at radius 2 is 1.73 bits per heavy atom. The van der Waals surface area contributed by atoms with Gasteiger partial charge < -0.3 is 4.74 Å². The summed E-state index contributed by atoms with van der Waals surface area (Å²) in [5.74, 6) is 0.775. The van der Waals surface area contributed by atoms with Gasteiger partial charge in [0.2, 0.25) is 0 Å². The summed E-state index contributed by atoms with van der Waals surface area (Å²) in [7, 11) is 0. The number of imide groups is 1. The Kier molecular flexibility index (Phi) is 3.74. The fourth-order valence-corrected chi connectivity index (χ4v) is 2.27. The van der Waals surface area contributed by atoms with Crippen molar-refractivity contribution in [3.05, 3.63) is 66.2 Å². The fraction of sp³-hybridized carbons (Fsp3) is 0.111. The molecule has 22 heavy (non-hydrogen) atoms. The van der Waals surface area contributed by atoms with E-state index in [9.17, 15) is 9.59 Å². The molecule has 4 heteroatoms. The van der Waals surface area contributed by atoms with E-state index in [1.54, 1.807) is 30.3 Å². The van der Waals surface area contributed by atoms with Crippen molar-refractivity contribution in [2.75, 3.05) is 4.90 Å². The second-order valence-corrected chi connectivity index (χ2v) is 4.83. The zero-order valence-electron chi connectivity index (χ0n) is 12.1. The molecule has 4 nitrogen and oxygen atoms in total. The van der Waals surface area contributed by atoms with Crippen LogP contribution in [0.4, 0.5) is 5.69 Å². The van der Waals surface area contributed by atoms with E-state index >= 15 is 0 Å². The Balaban J connectivity index is 1.80. The molecule has 2 amide bonds. The van der Waals surface area contributed by atoms with Crippen LogP contribution in [0.25, 0.3) is 0 Å². The Morgan fingerprint density at radius 1 is 1.05 bits per heavy atom. The molecule has 0 atom stereocenters. The number of benzene rings is 2. The molecule has 1 aliphatic heterocycles. The van der Waals surface area contributed by atoms with Crippen molar-refractivity contribution in [3.63, 3.8) is 0 Å². The van der Waals surface area contributed by atoms with Crippen LogP contribution in [0, 0.1) is 6.07 Å². The number of amides is 2. The van der Waals surface area contributed by atoms with E-state index in [2.05, 4.69) is 13.0 Å². The van der Waals surface area contributed by atoms with E-state index in [0.29, 0.717) is 11.4 Å². The average molecular weight is 292 g/mol. The van der Waals surface area contributed by atoms with Crippen LogP contribution in [0.3, 0.4) is 0 Å². The highest BCUT2D eigenvalue weighted by Gasteiger charge is 2.24. The quantitative estimate of drug-likeness (QED) is 0.812. The predicted molar refractivity (Wildman–Crippen MR) is 82.8 cm³/mol. The second-order valence-electron chi connectivity index (χ2n) is 4.83. The highest BCUT2D eigenvalue weighted by molar-refractivity contribution is 6.28. The minimum Gasteiger partial charge on any atom is -0.457 e. The van der Waals surface area contributed by atoms with Gasteiger partial charge in [0, 0.05) is 12.2 Å². The lowest BCUT2D eigenvalue weighted by atomic mass is 10.1. The molecule has 0 saturated heterocycles. The molecule has 1 heterocycles. The first kappa shape index (κ1) is 14.1. The maximum atomic E-state index is 11.6. The van der Waals surface area contributed by atoms with Gasteiger partial charge in [-0.2, -0.15) is 0 Å². The van der Waals surface area contributed by atoms with Gasteiger partial charge in [-0.15, -0.1) is 0 Å². The van der Waals surface area contributed by atoms with E-state index in [1.807, 2.05) is 12.1 Å². The van der Waals surface area contributed by atoms with Gasteiger partial charge in [-0.1, -0.05) is 13.0 Å². The topological polar surface area (TPSA) is 46.6 Å². The third-order valence-electron chi connectivity index (χ3n) is 3.42. The lowest BCUT2D eigenvalue weighted by Crippen LogP contribution is -2.29. The molecule has 0 N–H and O–H groups in total. The predicted octanol–water partition coefficient (Wildman–Crippen LogP) is 3.27. The van der Waals surface area contributed by atoms with Crippen LogP contribution in [-0.2, 0) is 16.0 Å². The summed E-state index contributed by atoms with van der Waals surface area (Å²) in [6.07, 6.45) is 3.38. The van der Waals surface area contributed by atoms with E-state index in [4.69, 9.17) is 4.74 Å². The number of hydrogen-bond donors (Lipinski definition) is 0. The first-order valence-corrected chi connectivity index (χ1v) is 7.02. The molecule has 0 aromatic heterocycles. The van der Waals surface area contributed by atoms with Crippen LogP contribution in [0.15, 0.2) is 54.6 Å². The second kappa shape index (κ2) is 5.85. The number of anilines is 1. The van der Waals surface area contributed by atoms with Crippen LogP contribution in [0.5, 0.6) is 11.5 Å². The molecule has 0 fully saturated rings.